The SMILES string of the molecule is C#C[CH]c1ccc(F)c(Oc2cccc(Br)c2)c1. The van der Waals surface area contributed by atoms with Gasteiger partial charge in [-0.05, 0) is 35.9 Å². The van der Waals surface area contributed by atoms with E-state index in [-0.39, 0.29) is 5.75 Å². The maximum atomic E-state index is 13.6. The number of rotatable bonds is 3. The Bertz CT molecular complexity index is 602. The van der Waals surface area contributed by atoms with E-state index in [0.29, 0.717) is 5.75 Å². The lowest BCUT2D eigenvalue weighted by molar-refractivity contribution is 0.442. The smallest absolute Gasteiger partial charge is 0.165 e. The first kappa shape index (κ1) is 12.7. The first-order chi connectivity index (χ1) is 8.69. The van der Waals surface area contributed by atoms with Gasteiger partial charge in [0.2, 0.25) is 0 Å². The Hall–Kier alpha value is -1.79. The normalized spacial score (nSPS) is 9.83. The fraction of sp³-hybridized carbons (Fsp3) is 0. The van der Waals surface area contributed by atoms with Crippen LogP contribution in [0.5, 0.6) is 11.5 Å². The maximum Gasteiger partial charge on any atom is 0.165 e. The topological polar surface area (TPSA) is 9.23 Å². The molecule has 2 aromatic carbocycles. The molecule has 0 aliphatic heterocycles. The molecule has 0 fully saturated rings. The summed E-state index contributed by atoms with van der Waals surface area (Å²) in [7, 11) is 0. The van der Waals surface area contributed by atoms with Crippen LogP contribution in [0, 0.1) is 24.6 Å². The molecule has 2 rings (SSSR count). The highest BCUT2D eigenvalue weighted by molar-refractivity contribution is 9.10. The van der Waals surface area contributed by atoms with Gasteiger partial charge in [-0.2, -0.15) is 0 Å². The second-order valence-corrected chi connectivity index (χ2v) is 4.48. The number of hydrogen-bond donors (Lipinski definition) is 0. The lowest BCUT2D eigenvalue weighted by Crippen LogP contribution is -1.90. The van der Waals surface area contributed by atoms with Crippen LogP contribution in [0.15, 0.2) is 46.9 Å². The molecule has 1 radical (unpaired) electrons. The van der Waals surface area contributed by atoms with Crippen LogP contribution in [0.2, 0.25) is 0 Å². The van der Waals surface area contributed by atoms with Gasteiger partial charge in [0.05, 0.1) is 6.42 Å². The van der Waals surface area contributed by atoms with Gasteiger partial charge in [0.15, 0.2) is 11.6 Å². The molecule has 1 nitrogen and oxygen atoms in total. The van der Waals surface area contributed by atoms with Crippen LogP contribution in [0.4, 0.5) is 4.39 Å². The summed E-state index contributed by atoms with van der Waals surface area (Å²) >= 11 is 3.33. The zero-order valence-corrected chi connectivity index (χ0v) is 10.9. The fourth-order valence-corrected chi connectivity index (χ4v) is 1.82. The molecule has 18 heavy (non-hydrogen) atoms. The second kappa shape index (κ2) is 5.70. The van der Waals surface area contributed by atoms with E-state index in [1.807, 2.05) is 12.1 Å². The van der Waals surface area contributed by atoms with Crippen LogP contribution < -0.4 is 4.74 Å². The monoisotopic (exact) mass is 303 g/mol. The van der Waals surface area contributed by atoms with E-state index in [4.69, 9.17) is 11.2 Å². The second-order valence-electron chi connectivity index (χ2n) is 3.56. The highest BCUT2D eigenvalue weighted by Crippen LogP contribution is 2.27. The Morgan fingerprint density at radius 2 is 2.06 bits per heavy atom. The lowest BCUT2D eigenvalue weighted by Gasteiger charge is -2.08. The van der Waals surface area contributed by atoms with Crippen LogP contribution in [0.3, 0.4) is 0 Å². The third-order valence-corrected chi connectivity index (χ3v) is 2.72. The van der Waals surface area contributed by atoms with Crippen LogP contribution in [-0.4, -0.2) is 0 Å². The van der Waals surface area contributed by atoms with Gasteiger partial charge < -0.3 is 4.74 Å². The molecule has 0 amide bonds. The molecular weight excluding hydrogens is 295 g/mol. The summed E-state index contributed by atoms with van der Waals surface area (Å²) in [5, 5.41) is 0. The molecule has 0 bridgehead atoms. The van der Waals surface area contributed by atoms with Crippen molar-refractivity contribution in [3.05, 3.63) is 64.7 Å². The minimum atomic E-state index is -0.427. The standard InChI is InChI=1S/C15H9BrFO/c1-2-4-11-7-8-14(17)15(9-11)18-13-6-3-5-12(16)10-13/h1,3-10H. The fourth-order valence-electron chi connectivity index (χ4n) is 1.44. The number of terminal acetylenes is 1. The molecule has 0 aliphatic carbocycles. The highest BCUT2D eigenvalue weighted by atomic mass is 79.9. The Morgan fingerprint density at radius 3 is 2.78 bits per heavy atom. The molecule has 0 aromatic heterocycles. The van der Waals surface area contributed by atoms with Crippen LogP contribution >= 0.6 is 15.9 Å². The summed E-state index contributed by atoms with van der Waals surface area (Å²) in [6.45, 7) is 0. The third kappa shape index (κ3) is 3.12. The molecule has 2 aromatic rings. The number of hydrogen-bond acceptors (Lipinski definition) is 1. The molecule has 0 aliphatic rings. The van der Waals surface area contributed by atoms with Gasteiger partial charge in [0.25, 0.3) is 0 Å². The molecule has 0 heterocycles. The Morgan fingerprint density at radius 1 is 1.22 bits per heavy atom. The molecule has 0 unspecified atom stereocenters. The van der Waals surface area contributed by atoms with E-state index >= 15 is 0 Å². The van der Waals surface area contributed by atoms with Gasteiger partial charge in [-0.3, -0.25) is 0 Å². The van der Waals surface area contributed by atoms with Crippen molar-refractivity contribution in [2.24, 2.45) is 0 Å². The van der Waals surface area contributed by atoms with E-state index in [9.17, 15) is 4.39 Å². The van der Waals surface area contributed by atoms with Crippen molar-refractivity contribution in [2.75, 3.05) is 0 Å². The largest absolute Gasteiger partial charge is 0.454 e. The van der Waals surface area contributed by atoms with Crippen molar-refractivity contribution in [1.82, 2.24) is 0 Å². The minimum absolute atomic E-state index is 0.150. The van der Waals surface area contributed by atoms with Crippen molar-refractivity contribution in [3.63, 3.8) is 0 Å². The molecular formula is C15H9BrFO. The summed E-state index contributed by atoms with van der Waals surface area (Å²) in [6.07, 6.45) is 6.72. The van der Waals surface area contributed by atoms with E-state index in [1.54, 1.807) is 30.7 Å². The van der Waals surface area contributed by atoms with Gasteiger partial charge in [0.1, 0.15) is 5.75 Å². The summed E-state index contributed by atoms with van der Waals surface area (Å²) in [6, 6.07) is 11.7. The van der Waals surface area contributed by atoms with E-state index in [0.717, 1.165) is 10.0 Å². The highest BCUT2D eigenvalue weighted by Gasteiger charge is 2.06. The Labute approximate surface area is 114 Å². The Balaban J connectivity index is 2.28. The van der Waals surface area contributed by atoms with Gasteiger partial charge >= 0.3 is 0 Å². The van der Waals surface area contributed by atoms with E-state index in [2.05, 4.69) is 21.9 Å². The van der Waals surface area contributed by atoms with Gasteiger partial charge in [-0.1, -0.05) is 34.0 Å². The van der Waals surface area contributed by atoms with E-state index in [1.165, 1.54) is 6.07 Å². The van der Waals surface area contributed by atoms with Gasteiger partial charge in [0, 0.05) is 4.47 Å². The quantitative estimate of drug-likeness (QED) is 0.755. The zero-order valence-electron chi connectivity index (χ0n) is 9.36. The summed E-state index contributed by atoms with van der Waals surface area (Å²) in [4.78, 5) is 0. The van der Waals surface area contributed by atoms with Crippen molar-refractivity contribution >= 4 is 15.9 Å². The molecule has 0 saturated carbocycles. The summed E-state index contributed by atoms with van der Waals surface area (Å²) in [5.41, 5.74) is 0.726. The summed E-state index contributed by atoms with van der Waals surface area (Å²) < 4.78 is 19.9. The zero-order chi connectivity index (χ0) is 13.0. The minimum Gasteiger partial charge on any atom is -0.454 e. The number of benzene rings is 2. The average Bonchev–Trinajstić information content (AvgIpc) is 2.34. The maximum absolute atomic E-state index is 13.6. The number of ether oxygens (including phenoxy) is 1. The molecule has 0 N–H and O–H groups in total. The first-order valence-electron chi connectivity index (χ1n) is 5.21. The van der Waals surface area contributed by atoms with Crippen LogP contribution in [0.1, 0.15) is 5.56 Å². The van der Waals surface area contributed by atoms with Crippen molar-refractivity contribution in [1.29, 1.82) is 0 Å². The van der Waals surface area contributed by atoms with Crippen molar-refractivity contribution in [2.45, 2.75) is 0 Å². The first-order valence-corrected chi connectivity index (χ1v) is 6.00. The predicted octanol–water partition coefficient (Wildman–Crippen LogP) is 4.57. The average molecular weight is 304 g/mol. The molecule has 0 spiro atoms. The molecule has 0 atom stereocenters. The van der Waals surface area contributed by atoms with Crippen molar-refractivity contribution in [3.8, 4) is 23.8 Å². The van der Waals surface area contributed by atoms with E-state index < -0.39 is 5.82 Å². The third-order valence-electron chi connectivity index (χ3n) is 2.23. The van der Waals surface area contributed by atoms with Crippen LogP contribution in [-0.2, 0) is 0 Å². The lowest BCUT2D eigenvalue weighted by atomic mass is 10.1. The molecule has 89 valence electrons. The Kier molecular flexibility index (Phi) is 4.01. The van der Waals surface area contributed by atoms with Gasteiger partial charge in [-0.25, -0.2) is 4.39 Å². The van der Waals surface area contributed by atoms with Crippen LogP contribution in [0.25, 0.3) is 0 Å². The summed E-state index contributed by atoms with van der Waals surface area (Å²) in [5.74, 6) is 2.67. The van der Waals surface area contributed by atoms with Crippen molar-refractivity contribution < 1.29 is 9.13 Å². The van der Waals surface area contributed by atoms with Gasteiger partial charge in [-0.15, -0.1) is 6.42 Å². The number of halogens is 2. The molecule has 0 saturated heterocycles. The molecule has 3 heteroatoms. The predicted molar refractivity (Wildman–Crippen MR) is 72.9 cm³/mol.